The summed E-state index contributed by atoms with van der Waals surface area (Å²) in [6.45, 7) is 4.57. The van der Waals surface area contributed by atoms with E-state index in [1.54, 1.807) is 0 Å². The fourth-order valence-electron chi connectivity index (χ4n) is 4.11. The average molecular weight is 449 g/mol. The molecular weight excluding hydrogens is 421 g/mol. The molecule has 2 aromatic carbocycles. The summed E-state index contributed by atoms with van der Waals surface area (Å²) in [5.74, 6) is -0.823. The molecule has 2 heterocycles. The van der Waals surface area contributed by atoms with Gasteiger partial charge in [0.2, 0.25) is 15.9 Å². The quantitative estimate of drug-likeness (QED) is 0.651. The van der Waals surface area contributed by atoms with Crippen LogP contribution in [0.3, 0.4) is 0 Å². The van der Waals surface area contributed by atoms with Gasteiger partial charge in [-0.1, -0.05) is 24.3 Å². The zero-order valence-corrected chi connectivity index (χ0v) is 18.0. The molecule has 0 unspecified atom stereocenters. The molecule has 1 saturated heterocycles. The second kappa shape index (κ2) is 9.44. The number of carbonyl (C=O) groups is 1. The molecular formula is C22H27FN3O4S+. The second-order valence-corrected chi connectivity index (χ2v) is 9.79. The Labute approximate surface area is 181 Å². The third kappa shape index (κ3) is 4.95. The largest absolute Gasteiger partial charge is 0.370 e. The molecule has 0 aromatic heterocycles. The van der Waals surface area contributed by atoms with Gasteiger partial charge in [0.05, 0.1) is 31.2 Å². The first-order chi connectivity index (χ1) is 14.9. The number of fused-ring (bicyclic) bond motifs is 1. The van der Waals surface area contributed by atoms with Crippen molar-refractivity contribution in [2.75, 3.05) is 39.4 Å². The van der Waals surface area contributed by atoms with Gasteiger partial charge < -0.3 is 15.0 Å². The monoisotopic (exact) mass is 448 g/mol. The van der Waals surface area contributed by atoms with Crippen molar-refractivity contribution in [3.05, 3.63) is 65.5 Å². The van der Waals surface area contributed by atoms with E-state index in [9.17, 15) is 17.6 Å². The SMILES string of the molecule is O=C(NCC[NH+]1CCOCC1)[C@@H]1Cc2ccccc2CN1S(=O)(=O)c1ccc(F)cc1. The van der Waals surface area contributed by atoms with Gasteiger partial charge in [0.1, 0.15) is 24.9 Å². The van der Waals surface area contributed by atoms with E-state index < -0.39 is 21.9 Å². The van der Waals surface area contributed by atoms with E-state index in [1.807, 2.05) is 24.3 Å². The van der Waals surface area contributed by atoms with Crippen molar-refractivity contribution >= 4 is 15.9 Å². The van der Waals surface area contributed by atoms with Crippen molar-refractivity contribution in [3.63, 3.8) is 0 Å². The van der Waals surface area contributed by atoms with Gasteiger partial charge in [0, 0.05) is 6.54 Å². The highest BCUT2D eigenvalue weighted by atomic mass is 32.2. The minimum atomic E-state index is -3.98. The second-order valence-electron chi connectivity index (χ2n) is 7.90. The van der Waals surface area contributed by atoms with Crippen LogP contribution in [0, 0.1) is 5.82 Å². The number of quaternary nitrogens is 1. The van der Waals surface area contributed by atoms with E-state index in [1.165, 1.54) is 21.3 Å². The zero-order chi connectivity index (χ0) is 21.8. The Morgan fingerprint density at radius 3 is 2.48 bits per heavy atom. The molecule has 2 aliphatic rings. The first kappa shape index (κ1) is 21.9. The molecule has 1 fully saturated rings. The Morgan fingerprint density at radius 1 is 1.10 bits per heavy atom. The van der Waals surface area contributed by atoms with Crippen LogP contribution < -0.4 is 10.2 Å². The molecule has 2 N–H and O–H groups in total. The molecule has 0 aliphatic carbocycles. The van der Waals surface area contributed by atoms with Crippen LogP contribution in [-0.4, -0.2) is 64.1 Å². The average Bonchev–Trinajstić information content (AvgIpc) is 2.79. The number of carbonyl (C=O) groups excluding carboxylic acids is 1. The van der Waals surface area contributed by atoms with Crippen LogP contribution in [0.15, 0.2) is 53.4 Å². The molecule has 0 bridgehead atoms. The third-order valence-electron chi connectivity index (χ3n) is 5.91. The van der Waals surface area contributed by atoms with Crippen LogP contribution in [0.25, 0.3) is 0 Å². The summed E-state index contributed by atoms with van der Waals surface area (Å²) in [4.78, 5) is 14.4. The molecule has 2 aromatic rings. The first-order valence-electron chi connectivity index (χ1n) is 10.5. The molecule has 7 nitrogen and oxygen atoms in total. The van der Waals surface area contributed by atoms with E-state index in [0.29, 0.717) is 26.2 Å². The van der Waals surface area contributed by atoms with Crippen LogP contribution in [-0.2, 0) is 32.5 Å². The van der Waals surface area contributed by atoms with E-state index in [4.69, 9.17) is 4.74 Å². The van der Waals surface area contributed by atoms with Gasteiger partial charge in [-0.25, -0.2) is 12.8 Å². The topological polar surface area (TPSA) is 80.2 Å². The number of benzene rings is 2. The van der Waals surface area contributed by atoms with Crippen LogP contribution in [0.1, 0.15) is 11.1 Å². The molecule has 1 atom stereocenters. The molecule has 0 saturated carbocycles. The number of hydrogen-bond donors (Lipinski definition) is 2. The fourth-order valence-corrected chi connectivity index (χ4v) is 5.67. The Morgan fingerprint density at radius 2 is 1.77 bits per heavy atom. The third-order valence-corrected chi connectivity index (χ3v) is 7.77. The number of morpholine rings is 1. The van der Waals surface area contributed by atoms with Gasteiger partial charge in [-0.05, 0) is 41.8 Å². The van der Waals surface area contributed by atoms with Crippen molar-refractivity contribution in [2.24, 2.45) is 0 Å². The molecule has 0 spiro atoms. The van der Waals surface area contributed by atoms with Gasteiger partial charge in [-0.15, -0.1) is 0 Å². The Hall–Kier alpha value is -2.33. The van der Waals surface area contributed by atoms with Gasteiger partial charge in [-0.2, -0.15) is 4.31 Å². The zero-order valence-electron chi connectivity index (χ0n) is 17.2. The van der Waals surface area contributed by atoms with Crippen LogP contribution in [0.4, 0.5) is 4.39 Å². The predicted molar refractivity (Wildman–Crippen MR) is 112 cm³/mol. The lowest BCUT2D eigenvalue weighted by Crippen LogP contribution is -3.14. The number of hydrogen-bond acceptors (Lipinski definition) is 4. The van der Waals surface area contributed by atoms with Crippen LogP contribution >= 0.6 is 0 Å². The highest BCUT2D eigenvalue weighted by molar-refractivity contribution is 7.89. The van der Waals surface area contributed by atoms with Crippen molar-refractivity contribution < 1.29 is 27.2 Å². The summed E-state index contributed by atoms with van der Waals surface area (Å²) >= 11 is 0. The molecule has 2 aliphatic heterocycles. The van der Waals surface area contributed by atoms with E-state index in [-0.39, 0.29) is 17.3 Å². The summed E-state index contributed by atoms with van der Waals surface area (Å²) in [6.07, 6.45) is 0.298. The predicted octanol–water partition coefficient (Wildman–Crippen LogP) is -0.0274. The lowest BCUT2D eigenvalue weighted by Gasteiger charge is -2.35. The molecule has 4 rings (SSSR count). The van der Waals surface area contributed by atoms with Crippen LogP contribution in [0.5, 0.6) is 0 Å². The Kier molecular flexibility index (Phi) is 6.66. The number of rotatable bonds is 6. The Balaban J connectivity index is 1.54. The minimum absolute atomic E-state index is 0.0242. The molecule has 166 valence electrons. The molecule has 0 radical (unpaired) electrons. The number of halogens is 1. The molecule has 9 heteroatoms. The number of ether oxygens (including phenoxy) is 1. The lowest BCUT2D eigenvalue weighted by atomic mass is 9.95. The fraction of sp³-hybridized carbons (Fsp3) is 0.409. The number of nitrogens with one attached hydrogen (secondary N) is 2. The lowest BCUT2D eigenvalue weighted by molar-refractivity contribution is -0.906. The summed E-state index contributed by atoms with van der Waals surface area (Å²) in [7, 11) is -3.98. The van der Waals surface area contributed by atoms with Crippen molar-refractivity contribution in [1.82, 2.24) is 9.62 Å². The normalized spacial score (nSPS) is 20.2. The summed E-state index contributed by atoms with van der Waals surface area (Å²) in [5.41, 5.74) is 1.84. The van der Waals surface area contributed by atoms with E-state index in [2.05, 4.69) is 5.32 Å². The smallest absolute Gasteiger partial charge is 0.244 e. The van der Waals surface area contributed by atoms with Crippen LogP contribution in [0.2, 0.25) is 0 Å². The maximum Gasteiger partial charge on any atom is 0.244 e. The minimum Gasteiger partial charge on any atom is -0.370 e. The van der Waals surface area contributed by atoms with Gasteiger partial charge >= 0.3 is 0 Å². The van der Waals surface area contributed by atoms with E-state index >= 15 is 0 Å². The maximum atomic E-state index is 13.3. The Bertz CT molecular complexity index is 1020. The first-order valence-corrected chi connectivity index (χ1v) is 11.9. The summed E-state index contributed by atoms with van der Waals surface area (Å²) < 4.78 is 46.6. The van der Waals surface area contributed by atoms with Gasteiger partial charge in [0.25, 0.3) is 0 Å². The number of amides is 1. The summed E-state index contributed by atoms with van der Waals surface area (Å²) in [6, 6.07) is 11.4. The van der Waals surface area contributed by atoms with Gasteiger partial charge in [-0.3, -0.25) is 4.79 Å². The number of nitrogens with zero attached hydrogens (tertiary/aromatic N) is 1. The van der Waals surface area contributed by atoms with E-state index in [0.717, 1.165) is 42.9 Å². The summed E-state index contributed by atoms with van der Waals surface area (Å²) in [5, 5.41) is 2.93. The maximum absolute atomic E-state index is 13.3. The standard InChI is InChI=1S/C22H26FN3O4S/c23-19-5-7-20(8-6-19)31(28,29)26-16-18-4-2-1-3-17(18)15-21(26)22(27)24-9-10-25-11-13-30-14-12-25/h1-8,21H,9-16H2,(H,24,27)/p+1/t21-/m0/s1. The highest BCUT2D eigenvalue weighted by Crippen LogP contribution is 2.29. The number of sulfonamides is 1. The highest BCUT2D eigenvalue weighted by Gasteiger charge is 2.39. The molecule has 1 amide bonds. The van der Waals surface area contributed by atoms with Crippen molar-refractivity contribution in [3.8, 4) is 0 Å². The van der Waals surface area contributed by atoms with Crippen molar-refractivity contribution in [1.29, 1.82) is 0 Å². The molecule has 31 heavy (non-hydrogen) atoms. The van der Waals surface area contributed by atoms with Gasteiger partial charge in [0.15, 0.2) is 0 Å². The van der Waals surface area contributed by atoms with Crippen molar-refractivity contribution in [2.45, 2.75) is 23.9 Å².